The smallest absolute Gasteiger partial charge is 0.279 e. The molecule has 29 heavy (non-hydrogen) atoms. The molecule has 8 heteroatoms. The summed E-state index contributed by atoms with van der Waals surface area (Å²) >= 11 is 5.86. The van der Waals surface area contributed by atoms with Gasteiger partial charge in [0.25, 0.3) is 11.8 Å². The van der Waals surface area contributed by atoms with Crippen LogP contribution in [0.1, 0.15) is 0 Å². The van der Waals surface area contributed by atoms with E-state index in [0.29, 0.717) is 49.2 Å². The van der Waals surface area contributed by atoms with Crippen LogP contribution < -0.4 is 19.7 Å². The van der Waals surface area contributed by atoms with Gasteiger partial charge in [-0.15, -0.1) is 0 Å². The van der Waals surface area contributed by atoms with Gasteiger partial charge in [-0.05, 0) is 36.4 Å². The number of ether oxygens (including phenoxy) is 2. The van der Waals surface area contributed by atoms with Gasteiger partial charge >= 0.3 is 0 Å². The maximum atomic E-state index is 12.8. The number of para-hydroxylation sites is 2. The molecule has 0 aromatic heterocycles. The summed E-state index contributed by atoms with van der Waals surface area (Å²) in [6.07, 6.45) is -0.625. The summed E-state index contributed by atoms with van der Waals surface area (Å²) in [5, 5.41) is 3.51. The minimum absolute atomic E-state index is 0.0530. The molecule has 2 aliphatic heterocycles. The zero-order chi connectivity index (χ0) is 20.2. The highest BCUT2D eigenvalue weighted by Gasteiger charge is 2.34. The van der Waals surface area contributed by atoms with Gasteiger partial charge in [0.1, 0.15) is 6.61 Å². The maximum absolute atomic E-state index is 12.8. The Hall–Kier alpha value is -2.77. The summed E-state index contributed by atoms with van der Waals surface area (Å²) in [7, 11) is 0. The first-order valence-corrected chi connectivity index (χ1v) is 10.0. The van der Waals surface area contributed by atoms with Crippen LogP contribution >= 0.6 is 11.6 Å². The molecule has 0 radical (unpaired) electrons. The van der Waals surface area contributed by atoms with E-state index in [1.165, 1.54) is 0 Å². The molecule has 2 aromatic rings. The fourth-order valence-electron chi connectivity index (χ4n) is 3.53. The molecule has 2 N–H and O–H groups in total. The number of quaternary nitrogens is 1. The van der Waals surface area contributed by atoms with Gasteiger partial charge < -0.3 is 24.6 Å². The highest BCUT2D eigenvalue weighted by molar-refractivity contribution is 6.30. The second kappa shape index (κ2) is 8.71. The lowest BCUT2D eigenvalue weighted by molar-refractivity contribution is -0.895. The quantitative estimate of drug-likeness (QED) is 0.775. The van der Waals surface area contributed by atoms with Crippen LogP contribution in [-0.4, -0.2) is 62.1 Å². The first-order valence-electron chi connectivity index (χ1n) is 9.65. The summed E-state index contributed by atoms with van der Waals surface area (Å²) in [4.78, 5) is 28.0. The van der Waals surface area contributed by atoms with Crippen molar-refractivity contribution in [2.75, 3.05) is 44.6 Å². The SMILES string of the molecule is O=C(C[NH+]1CCN(C(=O)[C@@H]2COc3ccccc3O2)CC1)Nc1ccc(Cl)cc1. The molecule has 0 spiro atoms. The molecule has 2 aliphatic rings. The Morgan fingerprint density at radius 1 is 1.07 bits per heavy atom. The molecule has 0 unspecified atom stereocenters. The molecule has 2 heterocycles. The number of anilines is 1. The van der Waals surface area contributed by atoms with Crippen LogP contribution in [0.25, 0.3) is 0 Å². The van der Waals surface area contributed by atoms with Gasteiger partial charge in [-0.3, -0.25) is 9.59 Å². The molecule has 4 rings (SSSR count). The predicted molar refractivity (Wildman–Crippen MR) is 109 cm³/mol. The van der Waals surface area contributed by atoms with Gasteiger partial charge in [0.2, 0.25) is 6.10 Å². The van der Waals surface area contributed by atoms with Crippen molar-refractivity contribution in [2.24, 2.45) is 0 Å². The monoisotopic (exact) mass is 416 g/mol. The zero-order valence-corrected chi connectivity index (χ0v) is 16.7. The number of amides is 2. The van der Waals surface area contributed by atoms with Crippen molar-refractivity contribution in [3.8, 4) is 11.5 Å². The van der Waals surface area contributed by atoms with Crippen molar-refractivity contribution >= 4 is 29.1 Å². The van der Waals surface area contributed by atoms with Crippen LogP contribution in [0, 0.1) is 0 Å². The van der Waals surface area contributed by atoms with E-state index in [4.69, 9.17) is 21.1 Å². The van der Waals surface area contributed by atoms with Gasteiger partial charge in [0, 0.05) is 10.7 Å². The Morgan fingerprint density at radius 3 is 2.48 bits per heavy atom. The number of carbonyl (C=O) groups excluding carboxylic acids is 2. The van der Waals surface area contributed by atoms with Crippen LogP contribution in [0.2, 0.25) is 5.02 Å². The highest BCUT2D eigenvalue weighted by Crippen LogP contribution is 2.31. The maximum Gasteiger partial charge on any atom is 0.279 e. The number of nitrogens with zero attached hydrogens (tertiary/aromatic N) is 1. The van der Waals surface area contributed by atoms with Gasteiger partial charge in [-0.1, -0.05) is 23.7 Å². The van der Waals surface area contributed by atoms with Crippen LogP contribution in [0.5, 0.6) is 11.5 Å². The number of halogens is 1. The van der Waals surface area contributed by atoms with Crippen LogP contribution in [0.15, 0.2) is 48.5 Å². The standard InChI is InChI=1S/C21H22ClN3O4/c22-15-5-7-16(8-6-15)23-20(26)13-24-9-11-25(12-10-24)21(27)19-14-28-17-3-1-2-4-18(17)29-19/h1-8,19H,9-14H2,(H,23,26)/p+1/t19-/m0/s1. The molecule has 0 saturated carbocycles. The number of piperazine rings is 1. The van der Waals surface area contributed by atoms with E-state index in [9.17, 15) is 9.59 Å². The Kier molecular flexibility index (Phi) is 5.87. The molecule has 2 aromatic carbocycles. The lowest BCUT2D eigenvalue weighted by atomic mass is 10.2. The molecule has 1 saturated heterocycles. The third-order valence-electron chi connectivity index (χ3n) is 5.10. The number of fused-ring (bicyclic) bond motifs is 1. The van der Waals surface area contributed by atoms with E-state index in [0.717, 1.165) is 10.6 Å². The molecule has 7 nitrogen and oxygen atoms in total. The predicted octanol–water partition coefficient (Wildman–Crippen LogP) is 0.846. The highest BCUT2D eigenvalue weighted by atomic mass is 35.5. The molecule has 0 bridgehead atoms. The Labute approximate surface area is 174 Å². The molecular weight excluding hydrogens is 394 g/mol. The number of carbonyl (C=O) groups is 2. The third-order valence-corrected chi connectivity index (χ3v) is 5.36. The van der Waals surface area contributed by atoms with Crippen molar-refractivity contribution in [1.82, 2.24) is 4.90 Å². The fourth-order valence-corrected chi connectivity index (χ4v) is 3.66. The first kappa shape index (κ1) is 19.5. The Morgan fingerprint density at radius 2 is 1.76 bits per heavy atom. The number of nitrogens with one attached hydrogen (secondary N) is 2. The van der Waals surface area contributed by atoms with Crippen LogP contribution in [-0.2, 0) is 9.59 Å². The second-order valence-electron chi connectivity index (χ2n) is 7.17. The first-order chi connectivity index (χ1) is 14.1. The van der Waals surface area contributed by atoms with E-state index >= 15 is 0 Å². The lowest BCUT2D eigenvalue weighted by Crippen LogP contribution is -3.15. The van der Waals surface area contributed by atoms with Gasteiger partial charge in [-0.25, -0.2) is 0 Å². The number of hydrogen-bond acceptors (Lipinski definition) is 4. The Balaban J connectivity index is 1.24. The third kappa shape index (κ3) is 4.81. The largest absolute Gasteiger partial charge is 0.485 e. The van der Waals surface area contributed by atoms with E-state index in [2.05, 4.69) is 5.32 Å². The average molecular weight is 417 g/mol. The van der Waals surface area contributed by atoms with Crippen molar-refractivity contribution in [2.45, 2.75) is 6.10 Å². The summed E-state index contributed by atoms with van der Waals surface area (Å²) in [5.41, 5.74) is 0.724. The summed E-state index contributed by atoms with van der Waals surface area (Å²) in [5.74, 6) is 1.14. The van der Waals surface area contributed by atoms with E-state index in [1.807, 2.05) is 18.2 Å². The molecule has 0 aliphatic carbocycles. The van der Waals surface area contributed by atoms with Crippen LogP contribution in [0.4, 0.5) is 5.69 Å². The van der Waals surface area contributed by atoms with Crippen LogP contribution in [0.3, 0.4) is 0 Å². The summed E-state index contributed by atoms with van der Waals surface area (Å²) in [6.45, 7) is 3.18. The average Bonchev–Trinajstić information content (AvgIpc) is 2.75. The van der Waals surface area contributed by atoms with Gasteiger partial charge in [0.05, 0.1) is 26.2 Å². The van der Waals surface area contributed by atoms with E-state index < -0.39 is 6.10 Å². The molecule has 2 amide bonds. The normalized spacial score (nSPS) is 18.9. The van der Waals surface area contributed by atoms with E-state index in [-0.39, 0.29) is 18.4 Å². The van der Waals surface area contributed by atoms with E-state index in [1.54, 1.807) is 35.2 Å². The van der Waals surface area contributed by atoms with Gasteiger partial charge in [0.15, 0.2) is 18.0 Å². The minimum atomic E-state index is -0.625. The Bertz CT molecular complexity index is 882. The van der Waals surface area contributed by atoms with Crippen molar-refractivity contribution in [3.63, 3.8) is 0 Å². The summed E-state index contributed by atoms with van der Waals surface area (Å²) in [6, 6.07) is 14.4. The second-order valence-corrected chi connectivity index (χ2v) is 7.61. The van der Waals surface area contributed by atoms with Crippen molar-refractivity contribution in [1.29, 1.82) is 0 Å². The van der Waals surface area contributed by atoms with Crippen molar-refractivity contribution < 1.29 is 24.0 Å². The lowest BCUT2D eigenvalue weighted by Gasteiger charge is -2.35. The molecule has 1 atom stereocenters. The number of hydrogen-bond donors (Lipinski definition) is 2. The van der Waals surface area contributed by atoms with Gasteiger partial charge in [-0.2, -0.15) is 0 Å². The van der Waals surface area contributed by atoms with Crippen molar-refractivity contribution in [3.05, 3.63) is 53.6 Å². The minimum Gasteiger partial charge on any atom is -0.485 e. The fraction of sp³-hybridized carbons (Fsp3) is 0.333. The molecule has 1 fully saturated rings. The zero-order valence-electron chi connectivity index (χ0n) is 15.9. The molecule has 152 valence electrons. The number of benzene rings is 2. The topological polar surface area (TPSA) is 72.3 Å². The number of rotatable bonds is 4. The summed E-state index contributed by atoms with van der Waals surface area (Å²) < 4.78 is 11.5. The molecular formula is C21H23ClN3O4+.